The molecule has 0 fully saturated rings. The summed E-state index contributed by atoms with van der Waals surface area (Å²) in [5.74, 6) is 0. The lowest BCUT2D eigenvalue weighted by molar-refractivity contribution is 1.00. The van der Waals surface area contributed by atoms with E-state index in [0.29, 0.717) is 0 Å². The molecule has 0 aromatic heterocycles. The zero-order chi connectivity index (χ0) is 22.7. The van der Waals surface area contributed by atoms with Crippen LogP contribution in [-0.4, -0.2) is 0 Å². The van der Waals surface area contributed by atoms with Crippen LogP contribution >= 0.6 is 0 Å². The van der Waals surface area contributed by atoms with Crippen LogP contribution in [-0.2, 0) is 25.7 Å². The molecule has 0 bridgehead atoms. The van der Waals surface area contributed by atoms with Crippen LogP contribution in [0.4, 0.5) is 17.1 Å². The van der Waals surface area contributed by atoms with Gasteiger partial charge in [-0.2, -0.15) is 0 Å². The second-order valence-electron chi connectivity index (χ2n) is 10.5. The van der Waals surface area contributed by atoms with Gasteiger partial charge in [0.15, 0.2) is 0 Å². The summed E-state index contributed by atoms with van der Waals surface area (Å²) in [7, 11) is 0. The fourth-order valence-corrected chi connectivity index (χ4v) is 7.31. The molecule has 1 nitrogen and oxygen atoms in total. The first kappa shape index (κ1) is 18.3. The lowest BCUT2D eigenvalue weighted by Crippen LogP contribution is -2.26. The number of fused-ring (bicyclic) bond motifs is 12. The van der Waals surface area contributed by atoms with Crippen molar-refractivity contribution < 1.29 is 0 Å². The van der Waals surface area contributed by atoms with E-state index in [1.807, 2.05) is 0 Å². The predicted molar refractivity (Wildman–Crippen MR) is 143 cm³/mol. The van der Waals surface area contributed by atoms with Crippen LogP contribution in [0, 0.1) is 0 Å². The van der Waals surface area contributed by atoms with Crippen LogP contribution in [0.2, 0.25) is 0 Å². The van der Waals surface area contributed by atoms with Crippen LogP contribution < -0.4 is 4.90 Å². The van der Waals surface area contributed by atoms with Crippen molar-refractivity contribution >= 4 is 17.1 Å². The summed E-state index contributed by atoms with van der Waals surface area (Å²) in [6.07, 6.45) is 4.09. The Hall–Kier alpha value is -4.10. The predicted octanol–water partition coefficient (Wildman–Crippen LogP) is 8.11. The van der Waals surface area contributed by atoms with Gasteiger partial charge in [-0.25, -0.2) is 0 Å². The lowest BCUT2D eigenvalue weighted by Gasteiger charge is -2.41. The first-order valence-corrected chi connectivity index (χ1v) is 12.7. The van der Waals surface area contributed by atoms with E-state index in [1.54, 1.807) is 0 Å². The Morgan fingerprint density at radius 3 is 1.91 bits per heavy atom. The third-order valence-electron chi connectivity index (χ3n) is 8.72. The number of rotatable bonds is 0. The molecule has 0 saturated carbocycles. The molecule has 0 radical (unpaired) electrons. The third kappa shape index (κ3) is 2.24. The molecule has 0 spiro atoms. The highest BCUT2D eigenvalue weighted by atomic mass is 15.2. The molecule has 2 heterocycles. The molecule has 1 heteroatoms. The second-order valence-corrected chi connectivity index (χ2v) is 10.5. The van der Waals surface area contributed by atoms with E-state index in [4.69, 9.17) is 0 Å². The Labute approximate surface area is 205 Å². The van der Waals surface area contributed by atoms with Gasteiger partial charge in [-0.05, 0) is 79.2 Å². The summed E-state index contributed by atoms with van der Waals surface area (Å²) in [5.41, 5.74) is 21.8. The van der Waals surface area contributed by atoms with E-state index in [9.17, 15) is 0 Å². The van der Waals surface area contributed by atoms with Gasteiger partial charge < -0.3 is 4.90 Å². The van der Waals surface area contributed by atoms with Gasteiger partial charge in [0.2, 0.25) is 0 Å². The van der Waals surface area contributed by atoms with Crippen LogP contribution in [0.15, 0.2) is 91.0 Å². The Morgan fingerprint density at radius 1 is 0.400 bits per heavy atom. The monoisotopic (exact) mass is 445 g/mol. The fourth-order valence-electron chi connectivity index (χ4n) is 7.31. The maximum Gasteiger partial charge on any atom is 0.0538 e. The van der Waals surface area contributed by atoms with Crippen molar-refractivity contribution in [3.63, 3.8) is 0 Å². The van der Waals surface area contributed by atoms with Gasteiger partial charge in [0.1, 0.15) is 0 Å². The average Bonchev–Trinajstić information content (AvgIpc) is 3.47. The van der Waals surface area contributed by atoms with Gasteiger partial charge in [0, 0.05) is 19.3 Å². The summed E-state index contributed by atoms with van der Waals surface area (Å²) in [6.45, 7) is 0. The van der Waals surface area contributed by atoms with Crippen molar-refractivity contribution in [2.24, 2.45) is 0 Å². The Balaban J connectivity index is 1.36. The van der Waals surface area contributed by atoms with E-state index < -0.39 is 0 Å². The third-order valence-corrected chi connectivity index (χ3v) is 8.72. The maximum atomic E-state index is 2.65. The second kappa shape index (κ2) is 6.31. The molecule has 35 heavy (non-hydrogen) atoms. The molecule has 4 aliphatic rings. The van der Waals surface area contributed by atoms with Gasteiger partial charge >= 0.3 is 0 Å². The fraction of sp³-hybridized carbons (Fsp3) is 0.118. The molecule has 9 rings (SSSR count). The zero-order valence-electron chi connectivity index (χ0n) is 19.4. The number of nitrogens with zero attached hydrogens (tertiary/aromatic N) is 1. The van der Waals surface area contributed by atoms with Crippen molar-refractivity contribution in [2.45, 2.75) is 25.7 Å². The largest absolute Gasteiger partial charge is 0.309 e. The highest BCUT2D eigenvalue weighted by molar-refractivity contribution is 5.97. The van der Waals surface area contributed by atoms with Crippen molar-refractivity contribution in [3.8, 4) is 22.3 Å². The molecular formula is C34H23N. The SMILES string of the molecule is c1ccc2c(c1)Cc1c-2ccc2c1N1c3ccc4c(c3Cc3cccc(c31)C2)-c1ccccc1C4. The summed E-state index contributed by atoms with van der Waals surface area (Å²) in [6, 6.07) is 34.5. The van der Waals surface area contributed by atoms with Crippen LogP contribution in [0.5, 0.6) is 0 Å². The summed E-state index contributed by atoms with van der Waals surface area (Å²) in [4.78, 5) is 2.65. The van der Waals surface area contributed by atoms with Gasteiger partial charge in [-0.3, -0.25) is 0 Å². The van der Waals surface area contributed by atoms with E-state index in [0.717, 1.165) is 25.7 Å². The summed E-state index contributed by atoms with van der Waals surface area (Å²) in [5, 5.41) is 0. The van der Waals surface area contributed by atoms with Crippen molar-refractivity contribution in [1.29, 1.82) is 0 Å². The minimum atomic E-state index is 1.01. The molecule has 5 aromatic carbocycles. The number of anilines is 3. The molecule has 164 valence electrons. The Bertz CT molecular complexity index is 1760. The topological polar surface area (TPSA) is 3.24 Å². The molecule has 5 aromatic rings. The molecule has 0 saturated heterocycles. The molecule has 2 aliphatic carbocycles. The summed E-state index contributed by atoms with van der Waals surface area (Å²) < 4.78 is 0. The van der Waals surface area contributed by atoms with E-state index in [-0.39, 0.29) is 0 Å². The first-order chi connectivity index (χ1) is 17.3. The first-order valence-electron chi connectivity index (χ1n) is 12.7. The number of hydrogen-bond acceptors (Lipinski definition) is 1. The maximum absolute atomic E-state index is 2.65. The minimum absolute atomic E-state index is 1.01. The van der Waals surface area contributed by atoms with Crippen LogP contribution in [0.1, 0.15) is 44.5 Å². The highest BCUT2D eigenvalue weighted by Crippen LogP contribution is 2.56. The Morgan fingerprint density at radius 2 is 1.03 bits per heavy atom. The number of benzene rings is 5. The normalized spacial score (nSPS) is 14.9. The molecule has 0 unspecified atom stereocenters. The number of para-hydroxylation sites is 1. The zero-order valence-corrected chi connectivity index (χ0v) is 19.4. The van der Waals surface area contributed by atoms with Crippen molar-refractivity contribution in [3.05, 3.63) is 136 Å². The highest BCUT2D eigenvalue weighted by Gasteiger charge is 2.37. The van der Waals surface area contributed by atoms with Gasteiger partial charge in [0.05, 0.1) is 17.1 Å². The van der Waals surface area contributed by atoms with Crippen LogP contribution in [0.3, 0.4) is 0 Å². The van der Waals surface area contributed by atoms with Crippen molar-refractivity contribution in [1.82, 2.24) is 0 Å². The van der Waals surface area contributed by atoms with Gasteiger partial charge in [0.25, 0.3) is 0 Å². The molecule has 0 N–H and O–H groups in total. The van der Waals surface area contributed by atoms with Crippen molar-refractivity contribution in [2.75, 3.05) is 4.90 Å². The van der Waals surface area contributed by atoms with Gasteiger partial charge in [-0.15, -0.1) is 0 Å². The molecular weight excluding hydrogens is 422 g/mol. The standard InChI is InChI=1S/C34H23N/c1-3-10-26-21(7-1)18-29-28(26)14-12-25-17-23-8-5-9-24-19-30-31(35(33(23)24)34(25)29)15-13-22-16-20-6-2-4-11-27(20)32(22)30/h1-15H,16-19H2. The molecule has 2 aliphatic heterocycles. The smallest absolute Gasteiger partial charge is 0.0538 e. The van der Waals surface area contributed by atoms with E-state index in [2.05, 4.69) is 95.9 Å². The molecule has 0 atom stereocenters. The Kier molecular flexibility index (Phi) is 3.29. The van der Waals surface area contributed by atoms with E-state index >= 15 is 0 Å². The van der Waals surface area contributed by atoms with E-state index in [1.165, 1.54) is 83.8 Å². The number of hydrogen-bond donors (Lipinski definition) is 0. The van der Waals surface area contributed by atoms with Crippen LogP contribution in [0.25, 0.3) is 22.3 Å². The minimum Gasteiger partial charge on any atom is -0.309 e. The average molecular weight is 446 g/mol. The lowest BCUT2D eigenvalue weighted by atomic mass is 9.82. The summed E-state index contributed by atoms with van der Waals surface area (Å²) >= 11 is 0. The quantitative estimate of drug-likeness (QED) is 0.228. The van der Waals surface area contributed by atoms with Gasteiger partial charge in [-0.1, -0.05) is 84.9 Å². The molecule has 0 amide bonds.